The lowest BCUT2D eigenvalue weighted by molar-refractivity contribution is 1.46. The zero-order valence-corrected chi connectivity index (χ0v) is 16.2. The van der Waals surface area contributed by atoms with E-state index in [1.165, 1.54) is 54.9 Å². The van der Waals surface area contributed by atoms with Crippen molar-refractivity contribution in [1.29, 1.82) is 0 Å². The first kappa shape index (κ1) is 16.8. The molecule has 134 valence electrons. The van der Waals surface area contributed by atoms with Crippen molar-refractivity contribution < 1.29 is 0 Å². The maximum Gasteiger partial charge on any atom is -0.00203 e. The van der Waals surface area contributed by atoms with Crippen LogP contribution in [0, 0.1) is 13.8 Å². The van der Waals surface area contributed by atoms with Gasteiger partial charge in [-0.25, -0.2) is 0 Å². The molecule has 5 aromatic rings. The van der Waals surface area contributed by atoms with Crippen molar-refractivity contribution >= 4 is 21.5 Å². The Balaban J connectivity index is 2.04. The Bertz CT molecular complexity index is 1220. The van der Waals surface area contributed by atoms with Crippen molar-refractivity contribution in [2.45, 2.75) is 13.8 Å². The third kappa shape index (κ3) is 2.70. The SMILES string of the molecule is Cc1cccc(-c2c(-c3cccc(C)c3)c3ccccc3c3ccccc23)c1. The minimum Gasteiger partial charge on any atom is -0.0616 e. The number of aryl methyl sites for hydroxylation is 2. The van der Waals surface area contributed by atoms with Gasteiger partial charge in [0.15, 0.2) is 0 Å². The topological polar surface area (TPSA) is 0 Å². The first-order valence-corrected chi connectivity index (χ1v) is 9.80. The van der Waals surface area contributed by atoms with Crippen molar-refractivity contribution in [3.8, 4) is 22.3 Å². The quantitative estimate of drug-likeness (QED) is 0.281. The van der Waals surface area contributed by atoms with Crippen LogP contribution < -0.4 is 0 Å². The van der Waals surface area contributed by atoms with E-state index in [9.17, 15) is 0 Å². The van der Waals surface area contributed by atoms with Gasteiger partial charge in [0, 0.05) is 0 Å². The predicted molar refractivity (Wildman–Crippen MR) is 122 cm³/mol. The summed E-state index contributed by atoms with van der Waals surface area (Å²) in [4.78, 5) is 0. The molecule has 0 fully saturated rings. The Hall–Kier alpha value is -3.38. The molecule has 0 heteroatoms. The lowest BCUT2D eigenvalue weighted by Gasteiger charge is -2.19. The fraction of sp³-hybridized carbons (Fsp3) is 0.0714. The number of hydrogen-bond acceptors (Lipinski definition) is 0. The minimum atomic E-state index is 1.28. The molecule has 0 aliphatic heterocycles. The maximum absolute atomic E-state index is 2.30. The average Bonchev–Trinajstić information content (AvgIpc) is 2.73. The first-order valence-electron chi connectivity index (χ1n) is 9.80. The standard InChI is InChI=1S/C28H22/c1-19-9-7-11-21(17-19)27-25-15-5-3-13-23(25)24-14-4-6-16-26(24)28(27)22-12-8-10-20(2)18-22/h3-18H,1-2H3. The van der Waals surface area contributed by atoms with Gasteiger partial charge in [-0.1, -0.05) is 108 Å². The second kappa shape index (κ2) is 6.65. The molecule has 0 atom stereocenters. The zero-order chi connectivity index (χ0) is 19.1. The van der Waals surface area contributed by atoms with Crippen LogP contribution in [0.4, 0.5) is 0 Å². The summed E-state index contributed by atoms with van der Waals surface area (Å²) >= 11 is 0. The van der Waals surface area contributed by atoms with Crippen LogP contribution in [-0.2, 0) is 0 Å². The summed E-state index contributed by atoms with van der Waals surface area (Å²) in [6.45, 7) is 4.33. The molecule has 0 aromatic heterocycles. The summed E-state index contributed by atoms with van der Waals surface area (Å²) in [7, 11) is 0. The van der Waals surface area contributed by atoms with Crippen LogP contribution in [0.3, 0.4) is 0 Å². The normalized spacial score (nSPS) is 11.2. The monoisotopic (exact) mass is 358 g/mol. The number of benzene rings is 5. The van der Waals surface area contributed by atoms with Crippen molar-refractivity contribution in [2.75, 3.05) is 0 Å². The van der Waals surface area contributed by atoms with E-state index >= 15 is 0 Å². The number of rotatable bonds is 2. The Labute approximate surface area is 166 Å². The fourth-order valence-electron chi connectivity index (χ4n) is 4.34. The molecule has 0 radical (unpaired) electrons. The van der Waals surface area contributed by atoms with E-state index < -0.39 is 0 Å². The van der Waals surface area contributed by atoms with Crippen LogP contribution in [0.15, 0.2) is 97.1 Å². The van der Waals surface area contributed by atoms with Gasteiger partial charge in [-0.15, -0.1) is 0 Å². The molecule has 5 aromatic carbocycles. The van der Waals surface area contributed by atoms with E-state index in [0.29, 0.717) is 0 Å². The van der Waals surface area contributed by atoms with E-state index in [2.05, 4.69) is 111 Å². The molecule has 0 N–H and O–H groups in total. The van der Waals surface area contributed by atoms with Crippen LogP contribution >= 0.6 is 0 Å². The van der Waals surface area contributed by atoms with E-state index in [1.807, 2.05) is 0 Å². The lowest BCUT2D eigenvalue weighted by Crippen LogP contribution is -1.92. The highest BCUT2D eigenvalue weighted by molar-refractivity contribution is 6.21. The molecule has 0 unspecified atom stereocenters. The molecule has 28 heavy (non-hydrogen) atoms. The molecule has 0 saturated carbocycles. The van der Waals surface area contributed by atoms with Gasteiger partial charge in [-0.05, 0) is 57.6 Å². The van der Waals surface area contributed by atoms with Crippen LogP contribution in [-0.4, -0.2) is 0 Å². The maximum atomic E-state index is 2.30. The fourth-order valence-corrected chi connectivity index (χ4v) is 4.34. The van der Waals surface area contributed by atoms with Gasteiger partial charge in [0.1, 0.15) is 0 Å². The molecule has 0 amide bonds. The van der Waals surface area contributed by atoms with Gasteiger partial charge in [0.05, 0.1) is 0 Å². The van der Waals surface area contributed by atoms with Crippen LogP contribution in [0.25, 0.3) is 43.8 Å². The number of fused-ring (bicyclic) bond motifs is 3. The highest BCUT2D eigenvalue weighted by atomic mass is 14.2. The average molecular weight is 358 g/mol. The Morgan fingerprint density at radius 2 is 0.786 bits per heavy atom. The minimum absolute atomic E-state index is 1.28. The second-order valence-corrected chi connectivity index (χ2v) is 7.58. The van der Waals surface area contributed by atoms with E-state index in [0.717, 1.165) is 0 Å². The summed E-state index contributed by atoms with van der Waals surface area (Å²) in [5, 5.41) is 5.24. The van der Waals surface area contributed by atoms with Crippen LogP contribution in [0.1, 0.15) is 11.1 Å². The third-order valence-electron chi connectivity index (χ3n) is 5.55. The summed E-state index contributed by atoms with van der Waals surface area (Å²) in [5.41, 5.74) is 7.76. The molecule has 5 rings (SSSR count). The van der Waals surface area contributed by atoms with Crippen molar-refractivity contribution in [2.24, 2.45) is 0 Å². The zero-order valence-electron chi connectivity index (χ0n) is 16.2. The second-order valence-electron chi connectivity index (χ2n) is 7.58. The number of hydrogen-bond donors (Lipinski definition) is 0. The molecule has 0 heterocycles. The summed E-state index contributed by atoms with van der Waals surface area (Å²) in [6.07, 6.45) is 0. The first-order chi connectivity index (χ1) is 13.7. The predicted octanol–water partition coefficient (Wildman–Crippen LogP) is 7.94. The molecule has 0 aliphatic carbocycles. The van der Waals surface area contributed by atoms with E-state index in [1.54, 1.807) is 0 Å². The van der Waals surface area contributed by atoms with Gasteiger partial charge >= 0.3 is 0 Å². The van der Waals surface area contributed by atoms with Gasteiger partial charge in [-0.2, -0.15) is 0 Å². The molecule has 0 spiro atoms. The Morgan fingerprint density at radius 3 is 1.18 bits per heavy atom. The molecular formula is C28H22. The highest BCUT2D eigenvalue weighted by Gasteiger charge is 2.17. The van der Waals surface area contributed by atoms with Gasteiger partial charge < -0.3 is 0 Å². The summed E-state index contributed by atoms with van der Waals surface area (Å²) in [5.74, 6) is 0. The Kier molecular flexibility index (Phi) is 3.98. The van der Waals surface area contributed by atoms with E-state index in [4.69, 9.17) is 0 Å². The molecular weight excluding hydrogens is 336 g/mol. The summed E-state index contributed by atoms with van der Waals surface area (Å²) in [6, 6.07) is 35.3. The van der Waals surface area contributed by atoms with Gasteiger partial charge in [-0.3, -0.25) is 0 Å². The summed E-state index contributed by atoms with van der Waals surface area (Å²) < 4.78 is 0. The highest BCUT2D eigenvalue weighted by Crippen LogP contribution is 2.44. The molecule has 0 saturated heterocycles. The molecule has 0 bridgehead atoms. The van der Waals surface area contributed by atoms with Crippen LogP contribution in [0.2, 0.25) is 0 Å². The third-order valence-corrected chi connectivity index (χ3v) is 5.55. The van der Waals surface area contributed by atoms with Crippen LogP contribution in [0.5, 0.6) is 0 Å². The largest absolute Gasteiger partial charge is 0.0616 e. The van der Waals surface area contributed by atoms with Crippen molar-refractivity contribution in [3.05, 3.63) is 108 Å². The van der Waals surface area contributed by atoms with Gasteiger partial charge in [0.25, 0.3) is 0 Å². The van der Waals surface area contributed by atoms with Crippen molar-refractivity contribution in [1.82, 2.24) is 0 Å². The van der Waals surface area contributed by atoms with Gasteiger partial charge in [0.2, 0.25) is 0 Å². The smallest absolute Gasteiger partial charge is 0.00203 e. The Morgan fingerprint density at radius 1 is 0.393 bits per heavy atom. The van der Waals surface area contributed by atoms with Crippen molar-refractivity contribution in [3.63, 3.8) is 0 Å². The van der Waals surface area contributed by atoms with E-state index in [-0.39, 0.29) is 0 Å². The molecule has 0 nitrogen and oxygen atoms in total. The molecule has 0 aliphatic rings. The lowest BCUT2D eigenvalue weighted by atomic mass is 9.84.